The number of esters is 1. The Bertz CT molecular complexity index is 568. The fraction of sp³-hybridized carbons (Fsp3) is 0.625. The van der Waals surface area contributed by atoms with Crippen molar-refractivity contribution < 1.29 is 18.8 Å². The number of carbonyl (C=O) groups excluding carboxylic acids is 1. The van der Waals surface area contributed by atoms with E-state index in [0.29, 0.717) is 17.4 Å². The van der Waals surface area contributed by atoms with E-state index < -0.39 is 5.97 Å². The minimum absolute atomic E-state index is 0.171. The highest BCUT2D eigenvalue weighted by Crippen LogP contribution is 2.58. The molecular weight excluding hydrogens is 281 g/mol. The molecular formula is C16H22BNO4. The molecule has 0 N–H and O–H groups in total. The maximum Gasteiger partial charge on any atom is 0.461 e. The number of rotatable bonds is 3. The summed E-state index contributed by atoms with van der Waals surface area (Å²) in [5.74, 6) is 0.325. The van der Waals surface area contributed by atoms with Gasteiger partial charge in [-0.2, -0.15) is 0 Å². The first kappa shape index (κ1) is 15.5. The Morgan fingerprint density at radius 1 is 1.27 bits per heavy atom. The summed E-state index contributed by atoms with van der Waals surface area (Å²) in [5.41, 5.74) is 0.863. The molecule has 6 heteroatoms. The molecule has 0 radical (unpaired) electrons. The van der Waals surface area contributed by atoms with Crippen LogP contribution in [0.1, 0.15) is 56.1 Å². The van der Waals surface area contributed by atoms with E-state index in [4.69, 9.17) is 9.31 Å². The minimum Gasteiger partial charge on any atom is -0.464 e. The van der Waals surface area contributed by atoms with Crippen LogP contribution in [-0.4, -0.2) is 36.4 Å². The van der Waals surface area contributed by atoms with Gasteiger partial charge in [0, 0.05) is 12.0 Å². The zero-order valence-electron chi connectivity index (χ0n) is 13.8. The monoisotopic (exact) mass is 303 g/mol. The standard InChI is InChI=1S/C16H22BNO4/c1-15(2)16(3,4)22-17(21-15)12-8-11(12)10-6-7-13(18-9-10)14(19)20-5/h6-7,9,11-12H,8H2,1-5H3. The van der Waals surface area contributed by atoms with Gasteiger partial charge in [0.05, 0.1) is 18.3 Å². The molecule has 2 unspecified atom stereocenters. The Kier molecular flexibility index (Phi) is 3.57. The number of aromatic nitrogens is 1. The van der Waals surface area contributed by atoms with Crippen molar-refractivity contribution in [2.75, 3.05) is 7.11 Å². The Labute approximate surface area is 131 Å². The summed E-state index contributed by atoms with van der Waals surface area (Å²) >= 11 is 0. The molecule has 2 fully saturated rings. The highest BCUT2D eigenvalue weighted by atomic mass is 16.7. The molecule has 2 atom stereocenters. The minimum atomic E-state index is -0.412. The van der Waals surface area contributed by atoms with Gasteiger partial charge in [0.1, 0.15) is 5.69 Å². The first-order valence-corrected chi connectivity index (χ1v) is 7.65. The van der Waals surface area contributed by atoms with Crippen LogP contribution in [-0.2, 0) is 14.0 Å². The number of hydrogen-bond donors (Lipinski definition) is 0. The van der Waals surface area contributed by atoms with Gasteiger partial charge in [0.25, 0.3) is 0 Å². The fourth-order valence-electron chi connectivity index (χ4n) is 2.81. The van der Waals surface area contributed by atoms with Crippen molar-refractivity contribution in [3.8, 4) is 0 Å². The molecule has 118 valence electrons. The molecule has 3 rings (SSSR count). The molecule has 1 saturated carbocycles. The van der Waals surface area contributed by atoms with Crippen molar-refractivity contribution in [2.24, 2.45) is 0 Å². The maximum absolute atomic E-state index is 11.4. The SMILES string of the molecule is COC(=O)c1ccc(C2CC2B2OC(C)(C)C(C)(C)O2)cn1. The second kappa shape index (κ2) is 5.06. The summed E-state index contributed by atoms with van der Waals surface area (Å²) in [6, 6.07) is 3.65. The lowest BCUT2D eigenvalue weighted by Crippen LogP contribution is -2.41. The average Bonchev–Trinajstić information content (AvgIpc) is 3.21. The third-order valence-corrected chi connectivity index (χ3v) is 5.07. The van der Waals surface area contributed by atoms with Crippen molar-refractivity contribution in [1.82, 2.24) is 4.98 Å². The summed E-state index contributed by atoms with van der Waals surface area (Å²) < 4.78 is 16.9. The van der Waals surface area contributed by atoms with Crippen molar-refractivity contribution in [2.45, 2.75) is 57.1 Å². The van der Waals surface area contributed by atoms with Gasteiger partial charge >= 0.3 is 13.1 Å². The van der Waals surface area contributed by atoms with Crippen LogP contribution < -0.4 is 0 Å². The topological polar surface area (TPSA) is 57.7 Å². The van der Waals surface area contributed by atoms with Gasteiger partial charge in [-0.1, -0.05) is 6.07 Å². The van der Waals surface area contributed by atoms with E-state index in [1.807, 2.05) is 6.07 Å². The zero-order chi connectivity index (χ0) is 16.1. The van der Waals surface area contributed by atoms with Crippen LogP contribution in [0, 0.1) is 0 Å². The van der Waals surface area contributed by atoms with E-state index in [0.717, 1.165) is 12.0 Å². The molecule has 22 heavy (non-hydrogen) atoms. The molecule has 1 aliphatic heterocycles. The summed E-state index contributed by atoms with van der Waals surface area (Å²) in [4.78, 5) is 15.6. The van der Waals surface area contributed by atoms with Gasteiger partial charge in [-0.15, -0.1) is 0 Å². The molecule has 1 aliphatic carbocycles. The average molecular weight is 303 g/mol. The lowest BCUT2D eigenvalue weighted by atomic mass is 9.80. The highest BCUT2D eigenvalue weighted by molar-refractivity contribution is 6.49. The van der Waals surface area contributed by atoms with Gasteiger partial charge in [-0.25, -0.2) is 9.78 Å². The van der Waals surface area contributed by atoms with E-state index in [1.54, 1.807) is 12.3 Å². The second-order valence-corrected chi connectivity index (χ2v) is 7.10. The van der Waals surface area contributed by atoms with Crippen LogP contribution in [0.4, 0.5) is 0 Å². The van der Waals surface area contributed by atoms with Crippen LogP contribution in [0.15, 0.2) is 18.3 Å². The van der Waals surface area contributed by atoms with E-state index in [-0.39, 0.29) is 18.3 Å². The molecule has 1 aromatic rings. The van der Waals surface area contributed by atoms with Gasteiger partial charge in [-0.05, 0) is 51.7 Å². The number of ether oxygens (including phenoxy) is 1. The van der Waals surface area contributed by atoms with Crippen molar-refractivity contribution in [3.63, 3.8) is 0 Å². The molecule has 1 aromatic heterocycles. The summed E-state index contributed by atoms with van der Waals surface area (Å²) in [7, 11) is 1.18. The molecule has 2 heterocycles. The van der Waals surface area contributed by atoms with Crippen LogP contribution >= 0.6 is 0 Å². The fourth-order valence-corrected chi connectivity index (χ4v) is 2.81. The van der Waals surface area contributed by atoms with Crippen LogP contribution in [0.25, 0.3) is 0 Å². The van der Waals surface area contributed by atoms with Gasteiger partial charge in [0.2, 0.25) is 0 Å². The number of pyridine rings is 1. The van der Waals surface area contributed by atoms with E-state index >= 15 is 0 Å². The maximum atomic E-state index is 11.4. The van der Waals surface area contributed by atoms with Crippen LogP contribution in [0.5, 0.6) is 0 Å². The van der Waals surface area contributed by atoms with E-state index in [2.05, 4.69) is 37.4 Å². The van der Waals surface area contributed by atoms with E-state index in [9.17, 15) is 4.79 Å². The Morgan fingerprint density at radius 2 is 1.91 bits per heavy atom. The Hall–Kier alpha value is -1.40. The number of methoxy groups -OCH3 is 1. The molecule has 0 bridgehead atoms. The molecule has 0 aromatic carbocycles. The first-order chi connectivity index (χ1) is 10.2. The first-order valence-electron chi connectivity index (χ1n) is 7.65. The molecule has 0 amide bonds. The van der Waals surface area contributed by atoms with Crippen molar-refractivity contribution >= 4 is 13.1 Å². The largest absolute Gasteiger partial charge is 0.464 e. The molecule has 0 spiro atoms. The lowest BCUT2D eigenvalue weighted by Gasteiger charge is -2.32. The van der Waals surface area contributed by atoms with Gasteiger partial charge < -0.3 is 14.0 Å². The number of carbonyl (C=O) groups is 1. The summed E-state index contributed by atoms with van der Waals surface area (Å²) in [5, 5.41) is 0. The predicted molar refractivity (Wildman–Crippen MR) is 82.8 cm³/mol. The predicted octanol–water partition coefficient (Wildman–Crippen LogP) is 2.82. The highest BCUT2D eigenvalue weighted by Gasteiger charge is 2.59. The Morgan fingerprint density at radius 3 is 2.41 bits per heavy atom. The van der Waals surface area contributed by atoms with Crippen molar-refractivity contribution in [3.05, 3.63) is 29.6 Å². The molecule has 2 aliphatic rings. The zero-order valence-corrected chi connectivity index (χ0v) is 13.8. The summed E-state index contributed by atoms with van der Waals surface area (Å²) in [6.07, 6.45) is 2.78. The molecule has 5 nitrogen and oxygen atoms in total. The third-order valence-electron chi connectivity index (χ3n) is 5.07. The number of hydrogen-bond acceptors (Lipinski definition) is 5. The van der Waals surface area contributed by atoms with Crippen LogP contribution in [0.3, 0.4) is 0 Å². The van der Waals surface area contributed by atoms with Crippen LogP contribution in [0.2, 0.25) is 5.82 Å². The van der Waals surface area contributed by atoms with Gasteiger partial charge in [0.15, 0.2) is 0 Å². The summed E-state index contributed by atoms with van der Waals surface area (Å²) in [6.45, 7) is 8.27. The third kappa shape index (κ3) is 2.54. The normalized spacial score (nSPS) is 28.5. The lowest BCUT2D eigenvalue weighted by molar-refractivity contribution is 0.00578. The Balaban J connectivity index is 1.67. The van der Waals surface area contributed by atoms with Crippen molar-refractivity contribution in [1.29, 1.82) is 0 Å². The van der Waals surface area contributed by atoms with Gasteiger partial charge in [-0.3, -0.25) is 0 Å². The van der Waals surface area contributed by atoms with E-state index in [1.165, 1.54) is 7.11 Å². The smallest absolute Gasteiger partial charge is 0.461 e. The molecule has 1 saturated heterocycles. The number of nitrogens with zero attached hydrogens (tertiary/aromatic N) is 1. The quantitative estimate of drug-likeness (QED) is 0.635. The second-order valence-electron chi connectivity index (χ2n) is 7.10.